The number of hydrogen-bond acceptors (Lipinski definition) is 5. The molecule has 200 valence electrons. The topological polar surface area (TPSA) is 67.4 Å². The van der Waals surface area contributed by atoms with Gasteiger partial charge in [-0.1, -0.05) is 56.6 Å². The molecule has 5 nitrogen and oxygen atoms in total. The van der Waals surface area contributed by atoms with E-state index in [1.807, 2.05) is 24.3 Å². The molecular weight excluding hydrogens is 545 g/mol. The van der Waals surface area contributed by atoms with E-state index < -0.39 is 33.1 Å². The molecule has 0 unspecified atom stereocenters. The maximum atomic E-state index is 13.6. The molecule has 37 heavy (non-hydrogen) atoms. The van der Waals surface area contributed by atoms with Crippen LogP contribution in [0.25, 0.3) is 11.1 Å². The molecule has 0 saturated carbocycles. The molecule has 2 heterocycles. The van der Waals surface area contributed by atoms with Gasteiger partial charge >= 0.3 is 6.18 Å². The first-order valence-electron chi connectivity index (χ1n) is 11.6. The number of rotatable bonds is 6. The molecule has 3 aromatic rings. The first kappa shape index (κ1) is 27.8. The Kier molecular flexibility index (Phi) is 7.35. The molecule has 4 rings (SSSR count). The highest BCUT2D eigenvalue weighted by Gasteiger charge is 2.38. The number of halogens is 4. The number of ether oxygens (including phenoxy) is 1. The number of anilines is 1. The summed E-state index contributed by atoms with van der Waals surface area (Å²) in [6.45, 7) is 9.00. The summed E-state index contributed by atoms with van der Waals surface area (Å²) in [5.41, 5.74) is 0.563. The van der Waals surface area contributed by atoms with Crippen molar-refractivity contribution in [3.63, 3.8) is 0 Å². The predicted molar refractivity (Wildman–Crippen MR) is 142 cm³/mol. The summed E-state index contributed by atoms with van der Waals surface area (Å²) in [7, 11) is -4.13. The Morgan fingerprint density at radius 3 is 2.32 bits per heavy atom. The SMILES string of the molecule is CC(C)(C)c1ccc(-c2cc(S(=O)(=O)Nc3ccc(C(F)(F)F)c(O[C@]4(C)CCNC4)c3)sc2Cl)cc1. The lowest BCUT2D eigenvalue weighted by atomic mass is 9.86. The van der Waals surface area contributed by atoms with Gasteiger partial charge in [-0.3, -0.25) is 4.72 Å². The number of sulfonamides is 1. The zero-order valence-corrected chi connectivity index (χ0v) is 23.2. The Bertz CT molecular complexity index is 1390. The number of nitrogens with one attached hydrogen (secondary N) is 2. The molecule has 0 radical (unpaired) electrons. The average molecular weight is 573 g/mol. The first-order chi connectivity index (χ1) is 17.1. The van der Waals surface area contributed by atoms with E-state index in [0.717, 1.165) is 40.7 Å². The van der Waals surface area contributed by atoms with Crippen LogP contribution in [-0.2, 0) is 21.6 Å². The minimum atomic E-state index is -4.66. The zero-order chi connectivity index (χ0) is 27.2. The first-order valence-corrected chi connectivity index (χ1v) is 14.3. The van der Waals surface area contributed by atoms with Crippen molar-refractivity contribution in [2.75, 3.05) is 17.8 Å². The van der Waals surface area contributed by atoms with Crippen LogP contribution in [0, 0.1) is 0 Å². The Morgan fingerprint density at radius 2 is 1.76 bits per heavy atom. The third-order valence-electron chi connectivity index (χ3n) is 6.22. The van der Waals surface area contributed by atoms with E-state index in [1.54, 1.807) is 6.92 Å². The molecule has 1 fully saturated rings. The lowest BCUT2D eigenvalue weighted by Crippen LogP contribution is -2.35. The summed E-state index contributed by atoms with van der Waals surface area (Å²) in [6, 6.07) is 12.2. The van der Waals surface area contributed by atoms with Gasteiger partial charge in [0, 0.05) is 24.6 Å². The number of benzene rings is 2. The maximum Gasteiger partial charge on any atom is 0.419 e. The number of thiophene rings is 1. The number of hydrogen-bond donors (Lipinski definition) is 2. The molecule has 1 atom stereocenters. The second-order valence-corrected chi connectivity index (χ2v) is 13.9. The normalized spacial score (nSPS) is 18.7. The molecule has 1 aliphatic heterocycles. The monoisotopic (exact) mass is 572 g/mol. The number of alkyl halides is 3. The fourth-order valence-electron chi connectivity index (χ4n) is 4.08. The van der Waals surface area contributed by atoms with Gasteiger partial charge in [-0.25, -0.2) is 8.42 Å². The zero-order valence-electron chi connectivity index (χ0n) is 20.8. The van der Waals surface area contributed by atoms with Crippen LogP contribution < -0.4 is 14.8 Å². The van der Waals surface area contributed by atoms with Gasteiger partial charge in [-0.2, -0.15) is 13.2 Å². The fourth-order valence-corrected chi connectivity index (χ4v) is 6.90. The Balaban J connectivity index is 1.62. The molecule has 0 aliphatic carbocycles. The van der Waals surface area contributed by atoms with E-state index in [2.05, 4.69) is 30.8 Å². The van der Waals surface area contributed by atoms with Crippen LogP contribution in [0.1, 0.15) is 45.2 Å². The lowest BCUT2D eigenvalue weighted by molar-refractivity contribution is -0.139. The Hall–Kier alpha value is -2.27. The Labute approximate surface area is 224 Å². The van der Waals surface area contributed by atoms with Crippen LogP contribution in [-0.4, -0.2) is 27.1 Å². The molecular formula is C26H28ClF3N2O3S2. The summed E-state index contributed by atoms with van der Waals surface area (Å²) in [5.74, 6) is -0.428. The maximum absolute atomic E-state index is 13.6. The molecule has 0 amide bonds. The van der Waals surface area contributed by atoms with Crippen molar-refractivity contribution in [2.24, 2.45) is 0 Å². The van der Waals surface area contributed by atoms with Gasteiger partial charge in [-0.15, -0.1) is 11.3 Å². The van der Waals surface area contributed by atoms with Gasteiger partial charge in [0.1, 0.15) is 19.9 Å². The standard InChI is InChI=1S/C26H28ClF3N2O3S2/c1-24(2,3)17-7-5-16(6-8-17)19-14-22(36-23(19)27)37(33,34)32-18-9-10-20(26(28,29)30)21(13-18)35-25(4)11-12-31-15-25/h5-10,13-14,31-32H,11-12,15H2,1-4H3/t25-/m1/s1. The second-order valence-electron chi connectivity index (χ2n) is 10.4. The molecule has 0 bridgehead atoms. The van der Waals surface area contributed by atoms with Gasteiger partial charge in [-0.05, 0) is 48.2 Å². The average Bonchev–Trinajstić information content (AvgIpc) is 3.38. The fraction of sp³-hybridized carbons (Fsp3) is 0.385. The van der Waals surface area contributed by atoms with Crippen molar-refractivity contribution in [2.45, 2.75) is 55.5 Å². The third-order valence-corrected chi connectivity index (χ3v) is 9.43. The van der Waals surface area contributed by atoms with Crippen molar-refractivity contribution in [1.82, 2.24) is 5.32 Å². The Morgan fingerprint density at radius 1 is 1.08 bits per heavy atom. The molecule has 1 aromatic heterocycles. The van der Waals surface area contributed by atoms with Crippen molar-refractivity contribution >= 4 is 38.6 Å². The smallest absolute Gasteiger partial charge is 0.419 e. The molecule has 2 N–H and O–H groups in total. The lowest BCUT2D eigenvalue weighted by Gasteiger charge is -2.27. The summed E-state index contributed by atoms with van der Waals surface area (Å²) in [4.78, 5) is 0. The molecule has 11 heteroatoms. The highest BCUT2D eigenvalue weighted by atomic mass is 35.5. The van der Waals surface area contributed by atoms with E-state index in [-0.39, 0.29) is 15.3 Å². The van der Waals surface area contributed by atoms with E-state index >= 15 is 0 Å². The van der Waals surface area contributed by atoms with Crippen LogP contribution >= 0.6 is 22.9 Å². The van der Waals surface area contributed by atoms with Crippen molar-refractivity contribution in [3.05, 3.63) is 64.0 Å². The van der Waals surface area contributed by atoms with Crippen molar-refractivity contribution in [1.29, 1.82) is 0 Å². The van der Waals surface area contributed by atoms with Crippen molar-refractivity contribution < 1.29 is 26.3 Å². The van der Waals surface area contributed by atoms with E-state index in [0.29, 0.717) is 29.4 Å². The highest BCUT2D eigenvalue weighted by Crippen LogP contribution is 2.42. The highest BCUT2D eigenvalue weighted by molar-refractivity contribution is 7.94. The summed E-state index contributed by atoms with van der Waals surface area (Å²) in [6.07, 6.45) is -4.14. The van der Waals surface area contributed by atoms with Gasteiger partial charge in [0.05, 0.1) is 11.3 Å². The van der Waals surface area contributed by atoms with Gasteiger partial charge < -0.3 is 10.1 Å². The third kappa shape index (κ3) is 6.25. The minimum Gasteiger partial charge on any atom is -0.485 e. The minimum absolute atomic E-state index is 0.0364. The summed E-state index contributed by atoms with van der Waals surface area (Å²) in [5, 5.41) is 3.07. The van der Waals surface area contributed by atoms with Gasteiger partial charge in [0.2, 0.25) is 0 Å². The largest absolute Gasteiger partial charge is 0.485 e. The van der Waals surface area contributed by atoms with E-state index in [1.165, 1.54) is 6.07 Å². The van der Waals surface area contributed by atoms with Crippen molar-refractivity contribution in [3.8, 4) is 16.9 Å². The molecule has 1 aliphatic rings. The summed E-state index contributed by atoms with van der Waals surface area (Å²) < 4.78 is 75.6. The quantitative estimate of drug-likeness (QED) is 0.325. The van der Waals surface area contributed by atoms with Crippen LogP contribution in [0.2, 0.25) is 4.34 Å². The molecule has 1 saturated heterocycles. The predicted octanol–water partition coefficient (Wildman–Crippen LogP) is 7.32. The van der Waals surface area contributed by atoms with Crippen LogP contribution in [0.5, 0.6) is 5.75 Å². The van der Waals surface area contributed by atoms with Gasteiger partial charge in [0.15, 0.2) is 0 Å². The van der Waals surface area contributed by atoms with Crippen LogP contribution in [0.4, 0.5) is 18.9 Å². The molecule has 0 spiro atoms. The van der Waals surface area contributed by atoms with E-state index in [9.17, 15) is 21.6 Å². The van der Waals surface area contributed by atoms with Gasteiger partial charge in [0.25, 0.3) is 10.0 Å². The second kappa shape index (κ2) is 9.80. The summed E-state index contributed by atoms with van der Waals surface area (Å²) >= 11 is 7.28. The van der Waals surface area contributed by atoms with E-state index in [4.69, 9.17) is 16.3 Å². The van der Waals surface area contributed by atoms with Crippen LogP contribution in [0.15, 0.2) is 52.7 Å². The molecule has 2 aromatic carbocycles. The van der Waals surface area contributed by atoms with Crippen LogP contribution in [0.3, 0.4) is 0 Å².